The summed E-state index contributed by atoms with van der Waals surface area (Å²) in [6.07, 6.45) is 0. The van der Waals surface area contributed by atoms with Crippen LogP contribution in [0.5, 0.6) is 0 Å². The van der Waals surface area contributed by atoms with Crippen LogP contribution < -0.4 is 5.73 Å². The van der Waals surface area contributed by atoms with Crippen molar-refractivity contribution in [3.05, 3.63) is 31.7 Å². The Hall–Kier alpha value is -0.850. The topological polar surface area (TPSA) is 81.5 Å². The first kappa shape index (κ1) is 13.2. The Bertz CT molecular complexity index is 465. The molecule has 2 N–H and O–H groups in total. The van der Waals surface area contributed by atoms with Gasteiger partial charge in [0, 0.05) is 0 Å². The van der Waals surface area contributed by atoms with E-state index in [1.807, 2.05) is 0 Å². The first-order chi connectivity index (χ1) is 7.47. The van der Waals surface area contributed by atoms with Gasteiger partial charge in [0.15, 0.2) is 5.69 Å². The Balaban J connectivity index is 3.46. The predicted octanol–water partition coefficient (Wildman–Crippen LogP) is 3.24. The van der Waals surface area contributed by atoms with Crippen molar-refractivity contribution < 1.29 is 4.92 Å². The highest BCUT2D eigenvalue weighted by atomic mass is 79.9. The third-order valence-corrected chi connectivity index (χ3v) is 2.85. The first-order valence-electron chi connectivity index (χ1n) is 3.98. The lowest BCUT2D eigenvalue weighted by Crippen LogP contribution is -2.12. The minimum atomic E-state index is -0.618. The van der Waals surface area contributed by atoms with Crippen molar-refractivity contribution in [3.8, 4) is 0 Å². The number of nitro groups is 1. The largest absolute Gasteiger partial charge is 0.386 e. The fourth-order valence-electron chi connectivity index (χ4n) is 0.984. The molecule has 0 bridgehead atoms. The van der Waals surface area contributed by atoms with E-state index in [2.05, 4.69) is 20.9 Å². The van der Waals surface area contributed by atoms with Gasteiger partial charge in [-0.15, -0.1) is 11.6 Å². The lowest BCUT2D eigenvalue weighted by Gasteiger charge is -2.03. The van der Waals surface area contributed by atoms with Gasteiger partial charge >= 0.3 is 5.69 Å². The van der Waals surface area contributed by atoms with Crippen LogP contribution in [0.25, 0.3) is 0 Å². The summed E-state index contributed by atoms with van der Waals surface area (Å²) in [5, 5.41) is 10.8. The number of hydrogen-bond donors (Lipinski definition) is 1. The van der Waals surface area contributed by atoms with Crippen molar-refractivity contribution >= 4 is 56.3 Å². The molecule has 1 aromatic carbocycles. The maximum atomic E-state index is 10.8. The minimum Gasteiger partial charge on any atom is -0.386 e. The van der Waals surface area contributed by atoms with E-state index in [0.717, 1.165) is 0 Å². The number of nitrogens with zero attached hydrogens (tertiary/aromatic N) is 2. The lowest BCUT2D eigenvalue weighted by molar-refractivity contribution is -0.383. The molecule has 0 radical (unpaired) electrons. The average Bonchev–Trinajstić information content (AvgIpc) is 2.22. The molecule has 0 amide bonds. The maximum absolute atomic E-state index is 10.8. The molecule has 0 aliphatic rings. The number of halogens is 3. The monoisotopic (exact) mass is 325 g/mol. The Morgan fingerprint density at radius 1 is 1.62 bits per heavy atom. The molecule has 0 aromatic heterocycles. The number of benzene rings is 1. The highest BCUT2D eigenvalue weighted by Gasteiger charge is 2.21. The summed E-state index contributed by atoms with van der Waals surface area (Å²) in [7, 11) is 0. The molecule has 0 saturated carbocycles. The standard InChI is InChI=1S/C8H6BrCl2N3O2/c9-4-1-2-5(11)8(14(15)16)7(4)13-6(12)3-10/h1-2H,3H2,(H2,12,13). The van der Waals surface area contributed by atoms with Crippen molar-refractivity contribution in [3.63, 3.8) is 0 Å². The Morgan fingerprint density at radius 3 is 2.75 bits per heavy atom. The van der Waals surface area contributed by atoms with Gasteiger partial charge in [-0.1, -0.05) is 11.6 Å². The van der Waals surface area contributed by atoms with Crippen LogP contribution in [0.15, 0.2) is 21.6 Å². The fraction of sp³-hybridized carbons (Fsp3) is 0.125. The zero-order chi connectivity index (χ0) is 12.3. The van der Waals surface area contributed by atoms with Crippen LogP contribution in [0.3, 0.4) is 0 Å². The SMILES string of the molecule is NC(CCl)=Nc1c(Br)ccc(Cl)c1[N+](=O)[O-]. The van der Waals surface area contributed by atoms with E-state index in [1.165, 1.54) is 6.07 Å². The molecule has 0 aliphatic carbocycles. The van der Waals surface area contributed by atoms with Crippen molar-refractivity contribution in [1.29, 1.82) is 0 Å². The van der Waals surface area contributed by atoms with Gasteiger partial charge in [-0.2, -0.15) is 0 Å². The number of nitrogens with two attached hydrogens (primary N) is 1. The van der Waals surface area contributed by atoms with Crippen molar-refractivity contribution in [2.24, 2.45) is 10.7 Å². The number of alkyl halides is 1. The molecule has 1 rings (SSSR count). The van der Waals surface area contributed by atoms with Gasteiger partial charge in [-0.05, 0) is 28.1 Å². The molecule has 86 valence electrons. The van der Waals surface area contributed by atoms with Crippen LogP contribution in [0.2, 0.25) is 5.02 Å². The van der Waals surface area contributed by atoms with Crippen molar-refractivity contribution in [2.75, 3.05) is 5.88 Å². The molecule has 8 heteroatoms. The van der Waals surface area contributed by atoms with Crippen LogP contribution in [0.1, 0.15) is 0 Å². The number of aliphatic imine (C=N–C) groups is 1. The summed E-state index contributed by atoms with van der Waals surface area (Å²) in [4.78, 5) is 14.1. The highest BCUT2D eigenvalue weighted by molar-refractivity contribution is 9.10. The average molecular weight is 327 g/mol. The summed E-state index contributed by atoms with van der Waals surface area (Å²) < 4.78 is 0.427. The third-order valence-electron chi connectivity index (χ3n) is 1.63. The van der Waals surface area contributed by atoms with E-state index in [4.69, 9.17) is 28.9 Å². The predicted molar refractivity (Wildman–Crippen MR) is 67.8 cm³/mol. The molecule has 0 spiro atoms. The van der Waals surface area contributed by atoms with Crippen LogP contribution >= 0.6 is 39.1 Å². The Kier molecular flexibility index (Phi) is 4.52. The van der Waals surface area contributed by atoms with Crippen molar-refractivity contribution in [2.45, 2.75) is 0 Å². The molecule has 5 nitrogen and oxygen atoms in total. The summed E-state index contributed by atoms with van der Waals surface area (Å²) in [5.41, 5.74) is 5.19. The summed E-state index contributed by atoms with van der Waals surface area (Å²) in [6, 6.07) is 2.95. The fourth-order valence-corrected chi connectivity index (χ4v) is 1.67. The Labute approximate surface area is 110 Å². The maximum Gasteiger partial charge on any atom is 0.314 e. The van der Waals surface area contributed by atoms with Crippen molar-refractivity contribution in [1.82, 2.24) is 0 Å². The number of nitro benzene ring substituents is 1. The van der Waals surface area contributed by atoms with E-state index in [1.54, 1.807) is 6.07 Å². The lowest BCUT2D eigenvalue weighted by atomic mass is 10.2. The number of hydrogen-bond acceptors (Lipinski definition) is 3. The zero-order valence-corrected chi connectivity index (χ0v) is 10.9. The third kappa shape index (κ3) is 2.84. The quantitative estimate of drug-likeness (QED) is 0.304. The second-order valence-electron chi connectivity index (χ2n) is 2.72. The van der Waals surface area contributed by atoms with Crippen LogP contribution in [0.4, 0.5) is 11.4 Å². The summed E-state index contributed by atoms with van der Waals surface area (Å²) in [6.45, 7) is 0. The van der Waals surface area contributed by atoms with E-state index in [-0.39, 0.29) is 28.1 Å². The molecule has 16 heavy (non-hydrogen) atoms. The van der Waals surface area contributed by atoms with Crippen LogP contribution in [0, 0.1) is 10.1 Å². The summed E-state index contributed by atoms with van der Waals surface area (Å²) in [5.74, 6) is 0.0589. The number of rotatable bonds is 3. The van der Waals surface area contributed by atoms with Gasteiger partial charge < -0.3 is 5.73 Å². The highest BCUT2D eigenvalue weighted by Crippen LogP contribution is 2.40. The number of amidine groups is 1. The van der Waals surface area contributed by atoms with Gasteiger partial charge in [0.05, 0.1) is 15.3 Å². The molecular formula is C8H6BrCl2N3O2. The second-order valence-corrected chi connectivity index (χ2v) is 4.25. The van der Waals surface area contributed by atoms with Gasteiger partial charge in [-0.25, -0.2) is 4.99 Å². The van der Waals surface area contributed by atoms with Gasteiger partial charge in [0.2, 0.25) is 0 Å². The molecule has 0 fully saturated rings. The van der Waals surface area contributed by atoms with E-state index < -0.39 is 4.92 Å². The summed E-state index contributed by atoms with van der Waals surface area (Å²) >= 11 is 14.3. The second kappa shape index (κ2) is 5.47. The van der Waals surface area contributed by atoms with E-state index in [0.29, 0.717) is 4.47 Å². The molecule has 0 saturated heterocycles. The van der Waals surface area contributed by atoms with Crippen LogP contribution in [-0.2, 0) is 0 Å². The zero-order valence-electron chi connectivity index (χ0n) is 7.78. The normalized spacial score (nSPS) is 11.6. The van der Waals surface area contributed by atoms with Gasteiger partial charge in [-0.3, -0.25) is 10.1 Å². The van der Waals surface area contributed by atoms with Crippen LogP contribution in [-0.4, -0.2) is 16.6 Å². The molecular weight excluding hydrogens is 321 g/mol. The van der Waals surface area contributed by atoms with E-state index in [9.17, 15) is 10.1 Å². The molecule has 0 aliphatic heterocycles. The van der Waals surface area contributed by atoms with Gasteiger partial charge in [0.1, 0.15) is 10.9 Å². The van der Waals surface area contributed by atoms with E-state index >= 15 is 0 Å². The molecule has 0 heterocycles. The smallest absolute Gasteiger partial charge is 0.314 e. The molecule has 1 aromatic rings. The van der Waals surface area contributed by atoms with Gasteiger partial charge in [0.25, 0.3) is 0 Å². The molecule has 0 atom stereocenters. The molecule has 0 unspecified atom stereocenters. The Morgan fingerprint density at radius 2 is 2.25 bits per heavy atom. The minimum absolute atomic E-state index is 0.00526. The first-order valence-corrected chi connectivity index (χ1v) is 5.69.